The first kappa shape index (κ1) is 22.2. The highest BCUT2D eigenvalue weighted by atomic mass is 32.2. The molecule has 0 aliphatic heterocycles. The van der Waals surface area contributed by atoms with E-state index < -0.39 is 52.7 Å². The molecule has 27 heavy (non-hydrogen) atoms. The number of carbonyl (C=O) groups excluding carboxylic acids is 1. The number of halogens is 3. The van der Waals surface area contributed by atoms with E-state index in [4.69, 9.17) is 15.2 Å². The third kappa shape index (κ3) is 4.86. The second-order valence-electron chi connectivity index (χ2n) is 7.18. The van der Waals surface area contributed by atoms with Crippen molar-refractivity contribution < 1.29 is 35.9 Å². The largest absolute Gasteiger partial charge is 0.381 e. The van der Waals surface area contributed by atoms with E-state index in [0.29, 0.717) is 23.6 Å². The summed E-state index contributed by atoms with van der Waals surface area (Å²) in [5.41, 5.74) is 5.25. The van der Waals surface area contributed by atoms with Crippen LogP contribution in [0.5, 0.6) is 0 Å². The monoisotopic (exact) mass is 416 g/mol. The van der Waals surface area contributed by atoms with Crippen molar-refractivity contribution in [1.29, 1.82) is 0 Å². The molecule has 11 heteroatoms. The van der Waals surface area contributed by atoms with Crippen molar-refractivity contribution in [1.82, 2.24) is 4.31 Å². The van der Waals surface area contributed by atoms with Gasteiger partial charge in [0.15, 0.2) is 0 Å². The molecule has 2 fully saturated rings. The van der Waals surface area contributed by atoms with Crippen LogP contribution >= 0.6 is 0 Å². The molecule has 0 spiro atoms. The molecule has 7 unspecified atom stereocenters. The Bertz CT molecular complexity index is 623. The zero-order chi connectivity index (χ0) is 20.4. The van der Waals surface area contributed by atoms with Crippen LogP contribution in [0.3, 0.4) is 0 Å². The average Bonchev–Trinajstić information content (AvgIpc) is 2.61. The summed E-state index contributed by atoms with van der Waals surface area (Å²) in [5.74, 6) is -0.361. The summed E-state index contributed by atoms with van der Waals surface area (Å²) >= 11 is 0. The normalized spacial score (nSPS) is 37.7. The molecule has 7 nitrogen and oxygen atoms in total. The Morgan fingerprint density at radius 3 is 2.22 bits per heavy atom. The van der Waals surface area contributed by atoms with Crippen molar-refractivity contribution in [3.8, 4) is 0 Å². The highest BCUT2D eigenvalue weighted by molar-refractivity contribution is 7.90. The molecule has 2 N–H and O–H groups in total. The summed E-state index contributed by atoms with van der Waals surface area (Å²) in [6.45, 7) is -0.300. The van der Waals surface area contributed by atoms with Crippen LogP contribution in [0.1, 0.15) is 32.1 Å². The number of nitrogens with two attached hydrogens (primary N) is 1. The first-order valence-electron chi connectivity index (χ1n) is 8.90. The van der Waals surface area contributed by atoms with Gasteiger partial charge in [-0.2, -0.15) is 0 Å². The quantitative estimate of drug-likeness (QED) is 0.711. The third-order valence-corrected chi connectivity index (χ3v) is 7.75. The third-order valence-electron chi connectivity index (χ3n) is 5.56. The summed E-state index contributed by atoms with van der Waals surface area (Å²) < 4.78 is 77.9. The van der Waals surface area contributed by atoms with Gasteiger partial charge in [-0.3, -0.25) is 0 Å². The molecule has 2 aliphatic carbocycles. The van der Waals surface area contributed by atoms with E-state index in [-0.39, 0.29) is 24.7 Å². The molecule has 2 rings (SSSR count). The van der Waals surface area contributed by atoms with Gasteiger partial charge in [-0.05, 0) is 12.8 Å². The second-order valence-corrected chi connectivity index (χ2v) is 9.25. The summed E-state index contributed by atoms with van der Waals surface area (Å²) in [6.07, 6.45) is -6.75. The van der Waals surface area contributed by atoms with Crippen molar-refractivity contribution >= 4 is 16.1 Å². The first-order valence-corrected chi connectivity index (χ1v) is 10.4. The van der Waals surface area contributed by atoms with Gasteiger partial charge in [0.2, 0.25) is 10.0 Å². The Hall–Kier alpha value is -1.07. The lowest BCUT2D eigenvalue weighted by molar-refractivity contribution is -0.0430. The number of urea groups is 1. The maximum Gasteiger partial charge on any atom is 0.328 e. The predicted molar refractivity (Wildman–Crippen MR) is 91.9 cm³/mol. The van der Waals surface area contributed by atoms with Crippen molar-refractivity contribution in [3.05, 3.63) is 0 Å². The number of ether oxygens (including phenoxy) is 2. The Labute approximate surface area is 157 Å². The van der Waals surface area contributed by atoms with Crippen LogP contribution in [0.25, 0.3) is 0 Å². The molecule has 2 saturated carbocycles. The number of methoxy groups -OCH3 is 2. The Morgan fingerprint density at radius 2 is 1.67 bits per heavy atom. The number of rotatable bonds is 6. The summed E-state index contributed by atoms with van der Waals surface area (Å²) in [5, 5.41) is -1.84. The van der Waals surface area contributed by atoms with Gasteiger partial charge in [0.25, 0.3) is 0 Å². The van der Waals surface area contributed by atoms with E-state index in [1.807, 2.05) is 0 Å². The lowest BCUT2D eigenvalue weighted by Gasteiger charge is -2.38. The molecule has 7 atom stereocenters. The maximum absolute atomic E-state index is 14.2. The van der Waals surface area contributed by atoms with Crippen LogP contribution in [0.4, 0.5) is 18.0 Å². The molecule has 158 valence electrons. The van der Waals surface area contributed by atoms with Crippen molar-refractivity contribution in [2.75, 3.05) is 20.8 Å². The number of amides is 2. The van der Waals surface area contributed by atoms with Gasteiger partial charge < -0.3 is 15.2 Å². The minimum absolute atomic E-state index is 0.0489. The lowest BCUT2D eigenvalue weighted by atomic mass is 9.84. The number of carbonyl (C=O) groups is 1. The van der Waals surface area contributed by atoms with Gasteiger partial charge in [-0.1, -0.05) is 0 Å². The molecule has 0 radical (unpaired) electrons. The van der Waals surface area contributed by atoms with Crippen molar-refractivity contribution in [3.63, 3.8) is 0 Å². The SMILES string of the molecule is COC1CCC(CN(C(N)=O)S(=O)(=O)C2CC(F)C(F)CC2F)C(OC)C1. The smallest absolute Gasteiger partial charge is 0.328 e. The maximum atomic E-state index is 14.2. The summed E-state index contributed by atoms with van der Waals surface area (Å²) in [7, 11) is -1.56. The molecule has 2 amide bonds. The predicted octanol–water partition coefficient (Wildman–Crippen LogP) is 1.70. The zero-order valence-electron chi connectivity index (χ0n) is 15.4. The van der Waals surface area contributed by atoms with Crippen LogP contribution in [-0.2, 0) is 19.5 Å². The fourth-order valence-corrected chi connectivity index (χ4v) is 5.79. The van der Waals surface area contributed by atoms with Crippen LogP contribution in [-0.4, -0.2) is 75.5 Å². The van der Waals surface area contributed by atoms with Crippen molar-refractivity contribution in [2.45, 2.75) is 68.1 Å². The minimum atomic E-state index is -4.59. The van der Waals surface area contributed by atoms with Gasteiger partial charge in [-0.25, -0.2) is 30.7 Å². The van der Waals surface area contributed by atoms with Gasteiger partial charge in [0, 0.05) is 45.9 Å². The highest BCUT2D eigenvalue weighted by Gasteiger charge is 2.48. The van der Waals surface area contributed by atoms with Gasteiger partial charge in [0.05, 0.1) is 12.2 Å². The van der Waals surface area contributed by atoms with E-state index in [2.05, 4.69) is 0 Å². The van der Waals surface area contributed by atoms with E-state index in [1.165, 1.54) is 7.11 Å². The Balaban J connectivity index is 2.19. The minimum Gasteiger partial charge on any atom is -0.381 e. The van der Waals surface area contributed by atoms with Gasteiger partial charge in [-0.15, -0.1) is 0 Å². The molecular weight excluding hydrogens is 389 g/mol. The molecule has 0 aromatic rings. The topological polar surface area (TPSA) is 98.9 Å². The zero-order valence-corrected chi connectivity index (χ0v) is 16.2. The standard InChI is InChI=1S/C16H27F3N2O5S/c1-25-10-4-3-9(14(5-10)26-2)8-21(16(20)22)27(23,24)15-7-12(18)11(17)6-13(15)19/h9-15H,3-8H2,1-2H3,(H2,20,22). The number of hydrogen-bond acceptors (Lipinski definition) is 5. The van der Waals surface area contributed by atoms with Crippen LogP contribution in [0, 0.1) is 5.92 Å². The molecule has 2 aliphatic rings. The first-order chi connectivity index (χ1) is 12.6. The average molecular weight is 416 g/mol. The number of alkyl halides is 3. The van der Waals surface area contributed by atoms with Gasteiger partial charge >= 0.3 is 6.03 Å². The van der Waals surface area contributed by atoms with E-state index in [1.54, 1.807) is 7.11 Å². The molecule has 0 bridgehead atoms. The Kier molecular flexibility index (Phi) is 7.37. The molecule has 0 aromatic carbocycles. The second kappa shape index (κ2) is 8.95. The highest BCUT2D eigenvalue weighted by Crippen LogP contribution is 2.34. The summed E-state index contributed by atoms with van der Waals surface area (Å²) in [6, 6.07) is -1.27. The van der Waals surface area contributed by atoms with E-state index >= 15 is 0 Å². The fraction of sp³-hybridized carbons (Fsp3) is 0.938. The van der Waals surface area contributed by atoms with Crippen LogP contribution in [0.15, 0.2) is 0 Å². The number of hydrogen-bond donors (Lipinski definition) is 1. The van der Waals surface area contributed by atoms with Crippen molar-refractivity contribution in [2.24, 2.45) is 11.7 Å². The lowest BCUT2D eigenvalue weighted by Crippen LogP contribution is -2.54. The molecule has 0 aromatic heterocycles. The number of nitrogens with zero attached hydrogens (tertiary/aromatic N) is 1. The van der Waals surface area contributed by atoms with E-state index in [9.17, 15) is 26.4 Å². The van der Waals surface area contributed by atoms with Crippen LogP contribution < -0.4 is 5.73 Å². The summed E-state index contributed by atoms with van der Waals surface area (Å²) in [4.78, 5) is 11.8. The number of primary amides is 1. The van der Waals surface area contributed by atoms with E-state index in [0.717, 1.165) is 0 Å². The van der Waals surface area contributed by atoms with Crippen LogP contribution in [0.2, 0.25) is 0 Å². The Morgan fingerprint density at radius 1 is 1.04 bits per heavy atom. The number of sulfonamides is 1. The fourth-order valence-electron chi connectivity index (χ4n) is 3.90. The molecule has 0 heterocycles. The molecular formula is C16H27F3N2O5S. The molecule has 0 saturated heterocycles. The van der Waals surface area contributed by atoms with Gasteiger partial charge in [0.1, 0.15) is 23.8 Å².